The van der Waals surface area contributed by atoms with Crippen molar-refractivity contribution in [2.45, 2.75) is 32.2 Å². The molecule has 0 bridgehead atoms. The lowest BCUT2D eigenvalue weighted by atomic mass is 10.2. The lowest BCUT2D eigenvalue weighted by molar-refractivity contribution is 0.336. The third kappa shape index (κ3) is 4.23. The third-order valence-corrected chi connectivity index (χ3v) is 6.23. The van der Waals surface area contributed by atoms with Crippen LogP contribution in [0.5, 0.6) is 5.75 Å². The van der Waals surface area contributed by atoms with Gasteiger partial charge >= 0.3 is 0 Å². The Morgan fingerprint density at radius 3 is 2.50 bits per heavy atom. The molecule has 0 saturated carbocycles. The topological polar surface area (TPSA) is 85.5 Å². The maximum atomic E-state index is 12.9. The van der Waals surface area contributed by atoms with Gasteiger partial charge in [0.05, 0.1) is 18.0 Å². The Morgan fingerprint density at radius 1 is 1.11 bits per heavy atom. The van der Waals surface area contributed by atoms with Gasteiger partial charge in [0.2, 0.25) is 21.7 Å². The van der Waals surface area contributed by atoms with Crippen LogP contribution in [0.15, 0.2) is 51.9 Å². The van der Waals surface area contributed by atoms with Gasteiger partial charge in [0.25, 0.3) is 0 Å². The van der Waals surface area contributed by atoms with Crippen molar-refractivity contribution in [2.75, 3.05) is 13.7 Å². The van der Waals surface area contributed by atoms with Crippen molar-refractivity contribution < 1.29 is 17.7 Å². The number of sulfonamides is 1. The fraction of sp³-hybridized carbons (Fsp3) is 0.300. The number of rotatable bonds is 7. The van der Waals surface area contributed by atoms with Crippen LogP contribution in [0.2, 0.25) is 0 Å². The molecule has 7 nitrogen and oxygen atoms in total. The van der Waals surface area contributed by atoms with Gasteiger partial charge in [-0.05, 0) is 62.2 Å². The smallest absolute Gasteiger partial charge is 0.243 e. The zero-order chi connectivity index (χ0) is 20.3. The average molecular weight is 401 g/mol. The Hall–Kier alpha value is -2.71. The second-order valence-corrected chi connectivity index (χ2v) is 8.51. The summed E-state index contributed by atoms with van der Waals surface area (Å²) in [5.74, 6) is 1.38. The van der Waals surface area contributed by atoms with E-state index in [1.54, 1.807) is 19.1 Å². The largest absolute Gasteiger partial charge is 0.494 e. The Kier molecular flexibility index (Phi) is 5.81. The normalized spacial score (nSPS) is 11.8. The van der Waals surface area contributed by atoms with E-state index in [4.69, 9.17) is 9.26 Å². The Morgan fingerprint density at radius 2 is 1.82 bits per heavy atom. The molecule has 0 spiro atoms. The van der Waals surface area contributed by atoms with Crippen LogP contribution >= 0.6 is 0 Å². The molecule has 148 valence electrons. The number of ether oxygens (including phenoxy) is 1. The van der Waals surface area contributed by atoms with Crippen molar-refractivity contribution in [1.82, 2.24) is 14.4 Å². The summed E-state index contributed by atoms with van der Waals surface area (Å²) in [7, 11) is -2.17. The van der Waals surface area contributed by atoms with Crippen molar-refractivity contribution in [1.29, 1.82) is 0 Å². The van der Waals surface area contributed by atoms with E-state index in [1.807, 2.05) is 44.2 Å². The Bertz CT molecular complexity index is 1060. The van der Waals surface area contributed by atoms with E-state index in [2.05, 4.69) is 10.1 Å². The van der Waals surface area contributed by atoms with Gasteiger partial charge in [-0.3, -0.25) is 0 Å². The molecule has 1 heterocycles. The molecule has 3 aromatic rings. The molecule has 0 atom stereocenters. The standard InChI is InChI=1S/C20H23N3O4S/c1-5-26-17-10-8-16(9-11-17)20-21-19(27-22-20)13-23(4)28(24,25)18-12-14(2)6-7-15(18)3/h6-12H,5,13H2,1-4H3. The van der Waals surface area contributed by atoms with E-state index in [0.717, 1.165) is 16.9 Å². The lowest BCUT2D eigenvalue weighted by Gasteiger charge is -2.17. The number of aryl methyl sites for hydroxylation is 2. The first-order chi connectivity index (χ1) is 13.3. The zero-order valence-electron chi connectivity index (χ0n) is 16.3. The molecule has 0 saturated heterocycles. The van der Waals surface area contributed by atoms with Crippen LogP contribution in [0.3, 0.4) is 0 Å². The minimum Gasteiger partial charge on any atom is -0.494 e. The molecule has 0 aliphatic heterocycles. The molecule has 0 aliphatic rings. The Balaban J connectivity index is 1.78. The zero-order valence-corrected chi connectivity index (χ0v) is 17.2. The van der Waals surface area contributed by atoms with Gasteiger partial charge in [-0.25, -0.2) is 8.42 Å². The van der Waals surface area contributed by atoms with Crippen molar-refractivity contribution in [2.24, 2.45) is 0 Å². The molecule has 0 aliphatic carbocycles. The monoisotopic (exact) mass is 401 g/mol. The van der Waals surface area contributed by atoms with Crippen LogP contribution in [0.4, 0.5) is 0 Å². The molecule has 0 radical (unpaired) electrons. The number of nitrogens with zero attached hydrogens (tertiary/aromatic N) is 3. The van der Waals surface area contributed by atoms with E-state index in [0.29, 0.717) is 18.0 Å². The van der Waals surface area contributed by atoms with Gasteiger partial charge in [0, 0.05) is 12.6 Å². The lowest BCUT2D eigenvalue weighted by Crippen LogP contribution is -2.27. The van der Waals surface area contributed by atoms with Crippen LogP contribution in [0.25, 0.3) is 11.4 Å². The molecule has 0 fully saturated rings. The number of hydrogen-bond donors (Lipinski definition) is 0. The van der Waals surface area contributed by atoms with Gasteiger partial charge in [-0.2, -0.15) is 9.29 Å². The highest BCUT2D eigenvalue weighted by Gasteiger charge is 2.25. The summed E-state index contributed by atoms with van der Waals surface area (Å²) in [6, 6.07) is 12.7. The summed E-state index contributed by atoms with van der Waals surface area (Å²) in [6.45, 7) is 6.13. The molecule has 3 rings (SSSR count). The molecule has 0 unspecified atom stereocenters. The minimum absolute atomic E-state index is 0.0141. The highest BCUT2D eigenvalue weighted by molar-refractivity contribution is 7.89. The molecule has 8 heteroatoms. The summed E-state index contributed by atoms with van der Waals surface area (Å²) in [4.78, 5) is 4.60. The second-order valence-electron chi connectivity index (χ2n) is 6.50. The molecule has 28 heavy (non-hydrogen) atoms. The van der Waals surface area contributed by atoms with Gasteiger partial charge in [0.1, 0.15) is 5.75 Å². The van der Waals surface area contributed by atoms with Crippen LogP contribution in [-0.4, -0.2) is 36.5 Å². The van der Waals surface area contributed by atoms with E-state index >= 15 is 0 Å². The maximum absolute atomic E-state index is 12.9. The van der Waals surface area contributed by atoms with Gasteiger partial charge in [-0.15, -0.1) is 0 Å². The molecule has 2 aromatic carbocycles. The Labute approximate surface area is 165 Å². The molecule has 0 N–H and O–H groups in total. The fourth-order valence-electron chi connectivity index (χ4n) is 2.73. The quantitative estimate of drug-likeness (QED) is 0.602. The van der Waals surface area contributed by atoms with E-state index < -0.39 is 10.0 Å². The molecule has 1 aromatic heterocycles. The minimum atomic E-state index is -3.67. The van der Waals surface area contributed by atoms with Crippen molar-refractivity contribution >= 4 is 10.0 Å². The number of aromatic nitrogens is 2. The van der Waals surface area contributed by atoms with Crippen molar-refractivity contribution in [3.63, 3.8) is 0 Å². The average Bonchev–Trinajstić information content (AvgIpc) is 3.13. The van der Waals surface area contributed by atoms with Crippen molar-refractivity contribution in [3.8, 4) is 17.1 Å². The SMILES string of the molecule is CCOc1ccc(-c2noc(CN(C)S(=O)(=O)c3cc(C)ccc3C)n2)cc1. The second kappa shape index (κ2) is 8.12. The van der Waals surface area contributed by atoms with Crippen LogP contribution in [0.1, 0.15) is 23.9 Å². The molecular weight excluding hydrogens is 378 g/mol. The molecular formula is C20H23N3O4S. The number of benzene rings is 2. The van der Waals surface area contributed by atoms with Gasteiger partial charge in [0.15, 0.2) is 0 Å². The fourth-order valence-corrected chi connectivity index (χ4v) is 4.16. The summed E-state index contributed by atoms with van der Waals surface area (Å²) >= 11 is 0. The van der Waals surface area contributed by atoms with Crippen LogP contribution in [-0.2, 0) is 16.6 Å². The third-order valence-electron chi connectivity index (χ3n) is 4.28. The summed E-state index contributed by atoms with van der Waals surface area (Å²) in [5, 5.41) is 3.95. The number of hydrogen-bond acceptors (Lipinski definition) is 6. The summed E-state index contributed by atoms with van der Waals surface area (Å²) in [5.41, 5.74) is 2.34. The highest BCUT2D eigenvalue weighted by atomic mass is 32.2. The highest BCUT2D eigenvalue weighted by Crippen LogP contribution is 2.23. The van der Waals surface area contributed by atoms with Crippen molar-refractivity contribution in [3.05, 3.63) is 59.5 Å². The van der Waals surface area contributed by atoms with E-state index in [1.165, 1.54) is 11.4 Å². The van der Waals surface area contributed by atoms with E-state index in [9.17, 15) is 8.42 Å². The first-order valence-corrected chi connectivity index (χ1v) is 10.3. The maximum Gasteiger partial charge on any atom is 0.243 e. The predicted octanol–water partition coefficient (Wildman–Crippen LogP) is 3.57. The van der Waals surface area contributed by atoms with E-state index in [-0.39, 0.29) is 17.3 Å². The van der Waals surface area contributed by atoms with Crippen LogP contribution < -0.4 is 4.74 Å². The van der Waals surface area contributed by atoms with Crippen LogP contribution in [0, 0.1) is 13.8 Å². The summed E-state index contributed by atoms with van der Waals surface area (Å²) in [6.07, 6.45) is 0. The predicted molar refractivity (Wildman–Crippen MR) is 105 cm³/mol. The van der Waals surface area contributed by atoms with Gasteiger partial charge < -0.3 is 9.26 Å². The first-order valence-electron chi connectivity index (χ1n) is 8.90. The first kappa shape index (κ1) is 20.0. The summed E-state index contributed by atoms with van der Waals surface area (Å²) < 4.78 is 37.7. The molecule has 0 amide bonds. The van der Waals surface area contributed by atoms with Gasteiger partial charge in [-0.1, -0.05) is 17.3 Å².